The standard InChI is InChI=1S/C18H23N3O3/c1-13-14(2)24-17(20-13)11-19-18(22)21-8-9-23-16(12-21)10-15-6-4-3-5-7-15/h3-7,16H,8-12H2,1-2H3,(H,19,22)/t16-/m0/s1. The largest absolute Gasteiger partial charge is 0.444 e. The molecule has 2 amide bonds. The summed E-state index contributed by atoms with van der Waals surface area (Å²) >= 11 is 0. The van der Waals surface area contributed by atoms with Crippen molar-refractivity contribution < 1.29 is 13.9 Å². The Kier molecular flexibility index (Phi) is 5.15. The van der Waals surface area contributed by atoms with Crippen LogP contribution in [0.15, 0.2) is 34.7 Å². The lowest BCUT2D eigenvalue weighted by molar-refractivity contribution is -0.0133. The minimum absolute atomic E-state index is 0.0260. The van der Waals surface area contributed by atoms with Crippen molar-refractivity contribution in [2.24, 2.45) is 0 Å². The fourth-order valence-electron chi connectivity index (χ4n) is 2.78. The molecule has 1 atom stereocenters. The number of aromatic nitrogens is 1. The highest BCUT2D eigenvalue weighted by molar-refractivity contribution is 5.74. The number of nitrogens with one attached hydrogen (secondary N) is 1. The van der Waals surface area contributed by atoms with E-state index in [0.29, 0.717) is 32.1 Å². The second kappa shape index (κ2) is 7.49. The average molecular weight is 329 g/mol. The molecule has 24 heavy (non-hydrogen) atoms. The van der Waals surface area contributed by atoms with Gasteiger partial charge in [-0.05, 0) is 19.4 Å². The third kappa shape index (κ3) is 4.14. The van der Waals surface area contributed by atoms with Gasteiger partial charge >= 0.3 is 6.03 Å². The Morgan fingerprint density at radius 3 is 2.83 bits per heavy atom. The van der Waals surface area contributed by atoms with Crippen LogP contribution in [0.3, 0.4) is 0 Å². The zero-order valence-corrected chi connectivity index (χ0v) is 14.1. The highest BCUT2D eigenvalue weighted by Crippen LogP contribution is 2.12. The smallest absolute Gasteiger partial charge is 0.318 e. The minimum atomic E-state index is -0.107. The van der Waals surface area contributed by atoms with Crippen LogP contribution < -0.4 is 5.32 Å². The molecule has 0 bridgehead atoms. The van der Waals surface area contributed by atoms with Crippen molar-refractivity contribution in [3.63, 3.8) is 0 Å². The number of oxazole rings is 1. The number of carbonyl (C=O) groups is 1. The molecule has 6 heteroatoms. The van der Waals surface area contributed by atoms with Gasteiger partial charge in [0.2, 0.25) is 5.89 Å². The van der Waals surface area contributed by atoms with Gasteiger partial charge in [-0.2, -0.15) is 0 Å². The number of rotatable bonds is 4. The molecular formula is C18H23N3O3. The minimum Gasteiger partial charge on any atom is -0.444 e. The second-order valence-corrected chi connectivity index (χ2v) is 6.04. The van der Waals surface area contributed by atoms with Crippen molar-refractivity contribution >= 4 is 6.03 Å². The maximum Gasteiger partial charge on any atom is 0.318 e. The van der Waals surface area contributed by atoms with Crippen LogP contribution in [0.25, 0.3) is 0 Å². The predicted molar refractivity (Wildman–Crippen MR) is 89.7 cm³/mol. The molecule has 1 aliphatic rings. The van der Waals surface area contributed by atoms with Gasteiger partial charge < -0.3 is 19.4 Å². The highest BCUT2D eigenvalue weighted by atomic mass is 16.5. The quantitative estimate of drug-likeness (QED) is 0.935. The molecule has 1 aliphatic heterocycles. The summed E-state index contributed by atoms with van der Waals surface area (Å²) in [5.74, 6) is 1.32. The topological polar surface area (TPSA) is 67.6 Å². The zero-order chi connectivity index (χ0) is 16.9. The SMILES string of the molecule is Cc1nc(CNC(=O)N2CCO[C@@H](Cc3ccccc3)C2)oc1C. The molecule has 1 N–H and O–H groups in total. The molecule has 3 rings (SSSR count). The molecule has 2 heterocycles. The Labute approximate surface area is 141 Å². The molecule has 2 aromatic rings. The summed E-state index contributed by atoms with van der Waals surface area (Å²) in [6, 6.07) is 10.1. The van der Waals surface area contributed by atoms with E-state index in [4.69, 9.17) is 9.15 Å². The number of nitrogens with zero attached hydrogens (tertiary/aromatic N) is 2. The molecule has 0 unspecified atom stereocenters. The number of hydrogen-bond acceptors (Lipinski definition) is 4. The first kappa shape index (κ1) is 16.5. The number of amides is 2. The van der Waals surface area contributed by atoms with Crippen LogP contribution in [0.2, 0.25) is 0 Å². The Bertz CT molecular complexity index is 665. The van der Waals surface area contributed by atoms with Gasteiger partial charge in [-0.1, -0.05) is 30.3 Å². The summed E-state index contributed by atoms with van der Waals surface area (Å²) in [6.07, 6.45) is 0.834. The van der Waals surface area contributed by atoms with Crippen molar-refractivity contribution in [3.8, 4) is 0 Å². The summed E-state index contributed by atoms with van der Waals surface area (Å²) in [6.45, 7) is 5.80. The third-order valence-electron chi connectivity index (χ3n) is 4.20. The number of urea groups is 1. The van der Waals surface area contributed by atoms with Gasteiger partial charge in [-0.15, -0.1) is 0 Å². The number of carbonyl (C=O) groups excluding carboxylic acids is 1. The van der Waals surface area contributed by atoms with E-state index in [1.54, 1.807) is 4.90 Å². The molecule has 0 spiro atoms. The van der Waals surface area contributed by atoms with Crippen LogP contribution >= 0.6 is 0 Å². The van der Waals surface area contributed by atoms with Gasteiger partial charge in [0, 0.05) is 19.5 Å². The van der Waals surface area contributed by atoms with Crippen LogP contribution in [0.4, 0.5) is 4.79 Å². The van der Waals surface area contributed by atoms with Crippen LogP contribution in [0.5, 0.6) is 0 Å². The number of morpholine rings is 1. The first-order valence-electron chi connectivity index (χ1n) is 8.23. The number of ether oxygens (including phenoxy) is 1. The Balaban J connectivity index is 1.51. The van der Waals surface area contributed by atoms with E-state index in [0.717, 1.165) is 17.9 Å². The summed E-state index contributed by atoms with van der Waals surface area (Å²) in [7, 11) is 0. The molecule has 1 saturated heterocycles. The van der Waals surface area contributed by atoms with Gasteiger partial charge in [-0.3, -0.25) is 0 Å². The summed E-state index contributed by atoms with van der Waals surface area (Å²) < 4.78 is 11.3. The lowest BCUT2D eigenvalue weighted by Gasteiger charge is -2.33. The molecular weight excluding hydrogens is 306 g/mol. The van der Waals surface area contributed by atoms with Crippen molar-refractivity contribution in [1.29, 1.82) is 0 Å². The summed E-state index contributed by atoms with van der Waals surface area (Å²) in [5, 5.41) is 2.87. The predicted octanol–water partition coefficient (Wildman–Crippen LogP) is 2.44. The Morgan fingerprint density at radius 2 is 2.12 bits per heavy atom. The van der Waals surface area contributed by atoms with E-state index in [-0.39, 0.29) is 12.1 Å². The molecule has 1 fully saturated rings. The highest BCUT2D eigenvalue weighted by Gasteiger charge is 2.24. The van der Waals surface area contributed by atoms with E-state index in [1.807, 2.05) is 32.0 Å². The van der Waals surface area contributed by atoms with Crippen molar-refractivity contribution in [2.75, 3.05) is 19.7 Å². The average Bonchev–Trinajstić information content (AvgIpc) is 2.92. The van der Waals surface area contributed by atoms with E-state index in [1.165, 1.54) is 5.56 Å². The summed E-state index contributed by atoms with van der Waals surface area (Å²) in [4.78, 5) is 18.4. The molecule has 128 valence electrons. The number of aryl methyl sites for hydroxylation is 2. The van der Waals surface area contributed by atoms with E-state index in [2.05, 4.69) is 22.4 Å². The monoisotopic (exact) mass is 329 g/mol. The Hall–Kier alpha value is -2.34. The van der Waals surface area contributed by atoms with Crippen molar-refractivity contribution in [1.82, 2.24) is 15.2 Å². The normalized spacial score (nSPS) is 17.8. The van der Waals surface area contributed by atoms with Gasteiger partial charge in [-0.25, -0.2) is 9.78 Å². The lowest BCUT2D eigenvalue weighted by Crippen LogP contribution is -2.50. The fourth-order valence-corrected chi connectivity index (χ4v) is 2.78. The van der Waals surface area contributed by atoms with Gasteiger partial charge in [0.1, 0.15) is 5.76 Å². The third-order valence-corrected chi connectivity index (χ3v) is 4.20. The van der Waals surface area contributed by atoms with Crippen LogP contribution in [0, 0.1) is 13.8 Å². The molecule has 6 nitrogen and oxygen atoms in total. The lowest BCUT2D eigenvalue weighted by atomic mass is 10.1. The van der Waals surface area contributed by atoms with Crippen LogP contribution in [0.1, 0.15) is 22.9 Å². The number of hydrogen-bond donors (Lipinski definition) is 1. The first-order valence-corrected chi connectivity index (χ1v) is 8.23. The zero-order valence-electron chi connectivity index (χ0n) is 14.1. The first-order chi connectivity index (χ1) is 11.6. The van der Waals surface area contributed by atoms with Gasteiger partial charge in [0.15, 0.2) is 0 Å². The van der Waals surface area contributed by atoms with Gasteiger partial charge in [0.25, 0.3) is 0 Å². The number of benzene rings is 1. The van der Waals surface area contributed by atoms with E-state index >= 15 is 0 Å². The molecule has 1 aromatic carbocycles. The fraction of sp³-hybridized carbons (Fsp3) is 0.444. The van der Waals surface area contributed by atoms with Crippen molar-refractivity contribution in [3.05, 3.63) is 53.2 Å². The van der Waals surface area contributed by atoms with Gasteiger partial charge in [0.05, 0.1) is 24.9 Å². The molecule has 0 saturated carbocycles. The van der Waals surface area contributed by atoms with Crippen LogP contribution in [-0.4, -0.2) is 41.7 Å². The Morgan fingerprint density at radius 1 is 1.33 bits per heavy atom. The maximum atomic E-state index is 12.4. The van der Waals surface area contributed by atoms with Crippen molar-refractivity contribution in [2.45, 2.75) is 32.9 Å². The second-order valence-electron chi connectivity index (χ2n) is 6.04. The maximum absolute atomic E-state index is 12.4. The van der Waals surface area contributed by atoms with E-state index in [9.17, 15) is 4.79 Å². The molecule has 0 aliphatic carbocycles. The molecule has 0 radical (unpaired) electrons. The van der Waals surface area contributed by atoms with Crippen LogP contribution in [-0.2, 0) is 17.7 Å². The van der Waals surface area contributed by atoms with E-state index < -0.39 is 0 Å². The summed E-state index contributed by atoms with van der Waals surface area (Å²) in [5.41, 5.74) is 2.07. The molecule has 1 aromatic heterocycles.